The lowest BCUT2D eigenvalue weighted by Gasteiger charge is -2.19. The lowest BCUT2D eigenvalue weighted by atomic mass is 10.3. The summed E-state index contributed by atoms with van der Waals surface area (Å²) in [7, 11) is 1.76. The van der Waals surface area contributed by atoms with Crippen molar-refractivity contribution in [1.82, 2.24) is 14.8 Å². The van der Waals surface area contributed by atoms with Gasteiger partial charge in [-0.25, -0.2) is 5.84 Å². The van der Waals surface area contributed by atoms with Crippen molar-refractivity contribution < 1.29 is 4.79 Å². The largest absolute Gasteiger partial charge is 0.275 e. The van der Waals surface area contributed by atoms with Gasteiger partial charge < -0.3 is 0 Å². The van der Waals surface area contributed by atoms with Crippen molar-refractivity contribution >= 4 is 5.91 Å². The second kappa shape index (κ2) is 3.57. The van der Waals surface area contributed by atoms with Gasteiger partial charge in [0.25, 0.3) is 5.91 Å². The number of carbonyl (C=O) groups is 1. The SMILES string of the molecule is CC(C)N(N)C(=O)c1cnn(C)c1. The van der Waals surface area contributed by atoms with Crippen LogP contribution >= 0.6 is 0 Å². The fourth-order valence-corrected chi connectivity index (χ4v) is 0.915. The van der Waals surface area contributed by atoms with Gasteiger partial charge >= 0.3 is 0 Å². The van der Waals surface area contributed by atoms with Crippen molar-refractivity contribution in [3.63, 3.8) is 0 Å². The second-order valence-electron chi connectivity index (χ2n) is 3.21. The monoisotopic (exact) mass is 182 g/mol. The van der Waals surface area contributed by atoms with E-state index in [2.05, 4.69) is 5.10 Å². The van der Waals surface area contributed by atoms with Crippen LogP contribution in [0, 0.1) is 0 Å². The molecule has 0 aliphatic carbocycles. The van der Waals surface area contributed by atoms with Gasteiger partial charge in [0, 0.05) is 19.3 Å². The number of amides is 1. The molecule has 0 unspecified atom stereocenters. The van der Waals surface area contributed by atoms with Crippen LogP contribution in [0.25, 0.3) is 0 Å². The second-order valence-corrected chi connectivity index (χ2v) is 3.21. The summed E-state index contributed by atoms with van der Waals surface area (Å²) in [6.45, 7) is 3.71. The minimum Gasteiger partial charge on any atom is -0.275 e. The van der Waals surface area contributed by atoms with Gasteiger partial charge in [0.15, 0.2) is 0 Å². The highest BCUT2D eigenvalue weighted by Crippen LogP contribution is 2.02. The predicted molar refractivity (Wildman–Crippen MR) is 48.7 cm³/mol. The average molecular weight is 182 g/mol. The molecular weight excluding hydrogens is 168 g/mol. The maximum absolute atomic E-state index is 11.5. The summed E-state index contributed by atoms with van der Waals surface area (Å²) in [5.74, 6) is 5.34. The Kier molecular flexibility index (Phi) is 2.67. The van der Waals surface area contributed by atoms with Crippen LogP contribution in [-0.2, 0) is 7.05 Å². The van der Waals surface area contributed by atoms with Gasteiger partial charge in [-0.2, -0.15) is 5.10 Å². The van der Waals surface area contributed by atoms with E-state index in [1.807, 2.05) is 13.8 Å². The van der Waals surface area contributed by atoms with Crippen LogP contribution < -0.4 is 5.84 Å². The molecule has 0 saturated carbocycles. The lowest BCUT2D eigenvalue weighted by Crippen LogP contribution is -2.42. The zero-order chi connectivity index (χ0) is 10.0. The van der Waals surface area contributed by atoms with Crippen molar-refractivity contribution in [2.24, 2.45) is 12.9 Å². The quantitative estimate of drug-likeness (QED) is 0.402. The van der Waals surface area contributed by atoms with E-state index in [9.17, 15) is 4.79 Å². The van der Waals surface area contributed by atoms with E-state index >= 15 is 0 Å². The molecule has 1 aromatic heterocycles. The first-order valence-corrected chi connectivity index (χ1v) is 4.09. The van der Waals surface area contributed by atoms with E-state index in [4.69, 9.17) is 5.84 Å². The van der Waals surface area contributed by atoms with Crippen molar-refractivity contribution in [2.75, 3.05) is 0 Å². The first kappa shape index (κ1) is 9.73. The molecule has 0 atom stereocenters. The Morgan fingerprint density at radius 1 is 1.69 bits per heavy atom. The number of aryl methyl sites for hydroxylation is 1. The normalized spacial score (nSPS) is 10.5. The zero-order valence-electron chi connectivity index (χ0n) is 8.06. The van der Waals surface area contributed by atoms with Gasteiger partial charge in [-0.05, 0) is 13.8 Å². The number of carbonyl (C=O) groups excluding carboxylic acids is 1. The number of nitrogens with two attached hydrogens (primary N) is 1. The molecule has 1 heterocycles. The van der Waals surface area contributed by atoms with E-state index in [0.29, 0.717) is 5.56 Å². The van der Waals surface area contributed by atoms with Gasteiger partial charge in [-0.1, -0.05) is 0 Å². The van der Waals surface area contributed by atoms with Crippen LogP contribution in [0.5, 0.6) is 0 Å². The smallest absolute Gasteiger partial charge is 0.271 e. The van der Waals surface area contributed by atoms with E-state index in [1.54, 1.807) is 17.9 Å². The van der Waals surface area contributed by atoms with E-state index in [1.165, 1.54) is 11.2 Å². The number of aromatic nitrogens is 2. The molecule has 0 spiro atoms. The van der Waals surface area contributed by atoms with Crippen LogP contribution in [0.3, 0.4) is 0 Å². The van der Waals surface area contributed by atoms with Gasteiger partial charge in [-0.3, -0.25) is 14.5 Å². The number of hydrogen-bond acceptors (Lipinski definition) is 3. The molecular formula is C8H14N4O. The van der Waals surface area contributed by atoms with Crippen molar-refractivity contribution in [2.45, 2.75) is 19.9 Å². The Morgan fingerprint density at radius 2 is 2.31 bits per heavy atom. The molecule has 1 amide bonds. The van der Waals surface area contributed by atoms with Crippen LogP contribution in [-0.4, -0.2) is 26.7 Å². The maximum Gasteiger partial charge on any atom is 0.271 e. The molecule has 0 bridgehead atoms. The Bertz CT molecular complexity index is 305. The van der Waals surface area contributed by atoms with Crippen molar-refractivity contribution in [3.05, 3.63) is 18.0 Å². The molecule has 0 aliphatic rings. The average Bonchev–Trinajstić information content (AvgIpc) is 2.49. The molecule has 0 fully saturated rings. The summed E-state index contributed by atoms with van der Waals surface area (Å²) in [5, 5.41) is 5.08. The third-order valence-corrected chi connectivity index (χ3v) is 1.74. The summed E-state index contributed by atoms with van der Waals surface area (Å²) >= 11 is 0. The third-order valence-electron chi connectivity index (χ3n) is 1.74. The summed E-state index contributed by atoms with van der Waals surface area (Å²) < 4.78 is 1.57. The first-order valence-electron chi connectivity index (χ1n) is 4.09. The van der Waals surface area contributed by atoms with Gasteiger partial charge in [0.05, 0.1) is 11.8 Å². The predicted octanol–water partition coefficient (Wildman–Crippen LogP) is 0.144. The van der Waals surface area contributed by atoms with Crippen LogP contribution in [0.1, 0.15) is 24.2 Å². The summed E-state index contributed by atoms with van der Waals surface area (Å²) in [4.78, 5) is 11.5. The van der Waals surface area contributed by atoms with Crippen molar-refractivity contribution in [3.8, 4) is 0 Å². The number of hydrazine groups is 1. The van der Waals surface area contributed by atoms with E-state index in [0.717, 1.165) is 0 Å². The third kappa shape index (κ3) is 2.06. The Labute approximate surface area is 77.1 Å². The molecule has 0 aliphatic heterocycles. The molecule has 0 radical (unpaired) electrons. The molecule has 1 aromatic rings. The zero-order valence-corrected chi connectivity index (χ0v) is 8.06. The standard InChI is InChI=1S/C8H14N4O/c1-6(2)12(9)8(13)7-4-10-11(3)5-7/h4-6H,9H2,1-3H3. The molecule has 0 saturated heterocycles. The van der Waals surface area contributed by atoms with Crippen LogP contribution in [0.15, 0.2) is 12.4 Å². The number of nitrogens with zero attached hydrogens (tertiary/aromatic N) is 3. The highest BCUT2D eigenvalue weighted by Gasteiger charge is 2.15. The van der Waals surface area contributed by atoms with E-state index < -0.39 is 0 Å². The molecule has 72 valence electrons. The molecule has 0 aromatic carbocycles. The number of rotatable bonds is 2. The minimum atomic E-state index is -0.205. The molecule has 5 heteroatoms. The van der Waals surface area contributed by atoms with Crippen LogP contribution in [0.2, 0.25) is 0 Å². The van der Waals surface area contributed by atoms with Gasteiger partial charge in [0.1, 0.15) is 0 Å². The highest BCUT2D eigenvalue weighted by atomic mass is 16.2. The summed E-state index contributed by atoms with van der Waals surface area (Å²) in [6, 6.07) is -0.00675. The van der Waals surface area contributed by atoms with Crippen molar-refractivity contribution in [1.29, 1.82) is 0 Å². The molecule has 2 N–H and O–H groups in total. The van der Waals surface area contributed by atoms with Gasteiger partial charge in [-0.15, -0.1) is 0 Å². The summed E-state index contributed by atoms with van der Waals surface area (Å²) in [6.07, 6.45) is 3.15. The lowest BCUT2D eigenvalue weighted by molar-refractivity contribution is 0.0705. The summed E-state index contributed by atoms with van der Waals surface area (Å²) in [5.41, 5.74) is 0.513. The first-order chi connectivity index (χ1) is 6.02. The van der Waals surface area contributed by atoms with Gasteiger partial charge in [0.2, 0.25) is 0 Å². The Morgan fingerprint density at radius 3 is 2.69 bits per heavy atom. The minimum absolute atomic E-state index is 0.00675. The van der Waals surface area contributed by atoms with Crippen LogP contribution in [0.4, 0.5) is 0 Å². The Hall–Kier alpha value is -1.36. The highest BCUT2D eigenvalue weighted by molar-refractivity contribution is 5.93. The number of hydrogen-bond donors (Lipinski definition) is 1. The molecule has 5 nitrogen and oxygen atoms in total. The topological polar surface area (TPSA) is 64.2 Å². The molecule has 13 heavy (non-hydrogen) atoms. The Balaban J connectivity index is 2.79. The fraction of sp³-hybridized carbons (Fsp3) is 0.500. The molecule has 1 rings (SSSR count). The fourth-order valence-electron chi connectivity index (χ4n) is 0.915. The van der Waals surface area contributed by atoms with E-state index in [-0.39, 0.29) is 11.9 Å². The maximum atomic E-state index is 11.5.